The molecule has 0 radical (unpaired) electrons. The maximum absolute atomic E-state index is 4.71. The van der Waals surface area contributed by atoms with Crippen LogP contribution in [0.2, 0.25) is 0 Å². The first kappa shape index (κ1) is 14.2. The molecule has 114 valence electrons. The molecular weight excluding hydrogens is 280 g/mol. The molecule has 0 spiro atoms. The third-order valence-electron chi connectivity index (χ3n) is 3.63. The van der Waals surface area contributed by atoms with Crippen molar-refractivity contribution >= 4 is 17.2 Å². The predicted octanol–water partition coefficient (Wildman–Crippen LogP) is 2.79. The minimum atomic E-state index is 0.246. The molecule has 3 aromatic rings. The van der Waals surface area contributed by atoms with Crippen molar-refractivity contribution in [3.05, 3.63) is 31.0 Å². The average Bonchev–Trinajstić information content (AvgIpc) is 3.20. The molecule has 0 amide bonds. The van der Waals surface area contributed by atoms with Crippen LogP contribution >= 0.6 is 0 Å². The van der Waals surface area contributed by atoms with Gasteiger partial charge < -0.3 is 9.82 Å². The number of aromatic nitrogens is 5. The molecule has 1 atom stereocenters. The van der Waals surface area contributed by atoms with E-state index >= 15 is 0 Å². The second kappa shape index (κ2) is 6.38. The Hall–Kier alpha value is -2.70. The van der Waals surface area contributed by atoms with Gasteiger partial charge in [0, 0.05) is 36.0 Å². The molecule has 0 bridgehead atoms. The number of nitrogens with one attached hydrogen (secondary N) is 1. The van der Waals surface area contributed by atoms with Crippen molar-refractivity contribution in [3.8, 4) is 11.3 Å². The maximum Gasteiger partial charge on any atom is 0.141 e. The molecule has 0 aliphatic heterocycles. The van der Waals surface area contributed by atoms with Crippen LogP contribution in [-0.4, -0.2) is 38.1 Å². The Morgan fingerprint density at radius 1 is 1.45 bits per heavy atom. The lowest BCUT2D eigenvalue weighted by molar-refractivity contribution is 0.214. The summed E-state index contributed by atoms with van der Waals surface area (Å²) in [5.74, 6) is 0. The quantitative estimate of drug-likeness (QED) is 0.560. The Labute approximate surface area is 128 Å². The van der Waals surface area contributed by atoms with Gasteiger partial charge >= 0.3 is 0 Å². The van der Waals surface area contributed by atoms with Crippen LogP contribution in [0.4, 0.5) is 0 Å². The monoisotopic (exact) mass is 298 g/mol. The summed E-state index contributed by atoms with van der Waals surface area (Å²) in [6.07, 6.45) is 10.8. The van der Waals surface area contributed by atoms with Gasteiger partial charge in [0.2, 0.25) is 0 Å². The average molecular weight is 298 g/mol. The van der Waals surface area contributed by atoms with E-state index in [9.17, 15) is 0 Å². The van der Waals surface area contributed by atoms with Crippen molar-refractivity contribution in [1.82, 2.24) is 24.7 Å². The van der Waals surface area contributed by atoms with Gasteiger partial charge in [-0.2, -0.15) is 5.10 Å². The summed E-state index contributed by atoms with van der Waals surface area (Å²) in [5, 5.41) is 9.27. The fourth-order valence-electron chi connectivity index (χ4n) is 2.46. The van der Waals surface area contributed by atoms with Gasteiger partial charge in [0.15, 0.2) is 0 Å². The first-order chi connectivity index (χ1) is 10.8. The SMILES string of the molecule is CCC(CC=NOC)n1cc(-c2ncnc3[nH]ccc23)cn1. The van der Waals surface area contributed by atoms with Gasteiger partial charge in [0.05, 0.1) is 17.9 Å². The fraction of sp³-hybridized carbons (Fsp3) is 0.333. The van der Waals surface area contributed by atoms with E-state index in [0.717, 1.165) is 35.1 Å². The Bertz CT molecular complexity index is 775. The Kier molecular flexibility index (Phi) is 4.13. The number of fused-ring (bicyclic) bond motifs is 1. The molecule has 3 aromatic heterocycles. The summed E-state index contributed by atoms with van der Waals surface area (Å²) >= 11 is 0. The zero-order chi connectivity index (χ0) is 15.4. The van der Waals surface area contributed by atoms with E-state index in [1.807, 2.05) is 29.3 Å². The van der Waals surface area contributed by atoms with E-state index < -0.39 is 0 Å². The number of aromatic amines is 1. The molecule has 22 heavy (non-hydrogen) atoms. The summed E-state index contributed by atoms with van der Waals surface area (Å²) in [7, 11) is 1.54. The molecule has 0 aliphatic rings. The van der Waals surface area contributed by atoms with E-state index in [2.05, 4.69) is 32.1 Å². The fourth-order valence-corrected chi connectivity index (χ4v) is 2.46. The second-order valence-electron chi connectivity index (χ2n) is 4.94. The van der Waals surface area contributed by atoms with E-state index in [4.69, 9.17) is 4.84 Å². The summed E-state index contributed by atoms with van der Waals surface area (Å²) in [6.45, 7) is 2.13. The lowest BCUT2D eigenvalue weighted by Gasteiger charge is -2.12. The molecule has 0 fully saturated rings. The zero-order valence-corrected chi connectivity index (χ0v) is 12.6. The molecule has 7 nitrogen and oxygen atoms in total. The molecular formula is C15H18N6O. The maximum atomic E-state index is 4.71. The lowest BCUT2D eigenvalue weighted by Crippen LogP contribution is -2.09. The van der Waals surface area contributed by atoms with Crippen LogP contribution in [0.15, 0.2) is 36.1 Å². The highest BCUT2D eigenvalue weighted by atomic mass is 16.6. The van der Waals surface area contributed by atoms with Gasteiger partial charge in [0.1, 0.15) is 19.1 Å². The van der Waals surface area contributed by atoms with Gasteiger partial charge in [-0.3, -0.25) is 4.68 Å². The van der Waals surface area contributed by atoms with Crippen LogP contribution in [0.3, 0.4) is 0 Å². The molecule has 3 heterocycles. The van der Waals surface area contributed by atoms with Gasteiger partial charge in [-0.25, -0.2) is 9.97 Å². The number of hydrogen-bond donors (Lipinski definition) is 1. The normalized spacial score (nSPS) is 13.0. The van der Waals surface area contributed by atoms with Gasteiger partial charge in [0.25, 0.3) is 0 Å². The number of hydrogen-bond acceptors (Lipinski definition) is 5. The first-order valence-corrected chi connectivity index (χ1v) is 7.21. The minimum absolute atomic E-state index is 0.246. The van der Waals surface area contributed by atoms with Crippen LogP contribution < -0.4 is 0 Å². The van der Waals surface area contributed by atoms with Crippen molar-refractivity contribution in [1.29, 1.82) is 0 Å². The molecule has 0 saturated heterocycles. The summed E-state index contributed by atoms with van der Waals surface area (Å²) < 4.78 is 1.96. The van der Waals surface area contributed by atoms with E-state index in [1.165, 1.54) is 0 Å². The van der Waals surface area contributed by atoms with Crippen molar-refractivity contribution in [2.24, 2.45) is 5.16 Å². The standard InChI is InChI=1S/C15H18N6O/c1-3-12(4-7-20-22-2)21-9-11(8-19-21)14-13-5-6-16-15(13)18-10-17-14/h5-10,12H,3-4H2,1-2H3,(H,16,17,18). The Balaban J connectivity index is 1.89. The summed E-state index contributed by atoms with van der Waals surface area (Å²) in [6, 6.07) is 2.22. The minimum Gasteiger partial charge on any atom is -0.399 e. The van der Waals surface area contributed by atoms with E-state index in [1.54, 1.807) is 19.7 Å². The molecule has 0 saturated carbocycles. The highest BCUT2D eigenvalue weighted by Crippen LogP contribution is 2.25. The third-order valence-corrected chi connectivity index (χ3v) is 3.63. The van der Waals surface area contributed by atoms with Crippen LogP contribution in [0.25, 0.3) is 22.3 Å². The van der Waals surface area contributed by atoms with E-state index in [0.29, 0.717) is 0 Å². The highest BCUT2D eigenvalue weighted by molar-refractivity contribution is 5.89. The van der Waals surface area contributed by atoms with E-state index in [-0.39, 0.29) is 6.04 Å². The van der Waals surface area contributed by atoms with Crippen molar-refractivity contribution in [2.75, 3.05) is 7.11 Å². The Morgan fingerprint density at radius 2 is 2.36 bits per heavy atom. The van der Waals surface area contributed by atoms with Crippen LogP contribution in [-0.2, 0) is 4.84 Å². The lowest BCUT2D eigenvalue weighted by atomic mass is 10.1. The van der Waals surface area contributed by atoms with Crippen molar-refractivity contribution < 1.29 is 4.84 Å². The number of H-pyrrole nitrogens is 1. The van der Waals surface area contributed by atoms with Crippen LogP contribution in [0, 0.1) is 0 Å². The second-order valence-corrected chi connectivity index (χ2v) is 4.94. The summed E-state index contributed by atoms with van der Waals surface area (Å²) in [5.41, 5.74) is 2.70. The van der Waals surface area contributed by atoms with Crippen LogP contribution in [0.1, 0.15) is 25.8 Å². The van der Waals surface area contributed by atoms with Gasteiger partial charge in [-0.1, -0.05) is 12.1 Å². The van der Waals surface area contributed by atoms with Crippen molar-refractivity contribution in [2.45, 2.75) is 25.8 Å². The molecule has 0 aliphatic carbocycles. The highest BCUT2D eigenvalue weighted by Gasteiger charge is 2.13. The largest absolute Gasteiger partial charge is 0.399 e. The summed E-state index contributed by atoms with van der Waals surface area (Å²) in [4.78, 5) is 16.4. The number of rotatable bonds is 6. The molecule has 0 aromatic carbocycles. The zero-order valence-electron chi connectivity index (χ0n) is 12.6. The van der Waals surface area contributed by atoms with Gasteiger partial charge in [-0.05, 0) is 12.5 Å². The topological polar surface area (TPSA) is 81.0 Å². The molecule has 1 N–H and O–H groups in total. The van der Waals surface area contributed by atoms with Gasteiger partial charge in [-0.15, -0.1) is 0 Å². The third kappa shape index (κ3) is 2.69. The molecule has 1 unspecified atom stereocenters. The number of oxime groups is 1. The smallest absolute Gasteiger partial charge is 0.141 e. The molecule has 3 rings (SSSR count). The first-order valence-electron chi connectivity index (χ1n) is 7.21. The Morgan fingerprint density at radius 3 is 3.18 bits per heavy atom. The predicted molar refractivity (Wildman–Crippen MR) is 84.6 cm³/mol. The number of nitrogens with zero attached hydrogens (tertiary/aromatic N) is 5. The van der Waals surface area contributed by atoms with Crippen molar-refractivity contribution in [3.63, 3.8) is 0 Å². The van der Waals surface area contributed by atoms with Crippen LogP contribution in [0.5, 0.6) is 0 Å². The molecule has 7 heteroatoms.